The van der Waals surface area contributed by atoms with E-state index in [1.807, 2.05) is 44.2 Å². The molecule has 0 radical (unpaired) electrons. The van der Waals surface area contributed by atoms with Crippen LogP contribution in [0.1, 0.15) is 33.7 Å². The highest BCUT2D eigenvalue weighted by Gasteiger charge is 2.13. The van der Waals surface area contributed by atoms with Crippen LogP contribution >= 0.6 is 0 Å². The molecule has 1 saturated carbocycles. The van der Waals surface area contributed by atoms with Gasteiger partial charge in [0.1, 0.15) is 0 Å². The molecule has 3 heteroatoms. The van der Waals surface area contributed by atoms with Crippen LogP contribution < -0.4 is 11.1 Å². The molecule has 3 nitrogen and oxygen atoms in total. The number of hydrogen-bond donors (Lipinski definition) is 3. The van der Waals surface area contributed by atoms with Gasteiger partial charge >= 0.3 is 0 Å². The largest absolute Gasteiger partial charge is 0.356 e. The zero-order valence-electron chi connectivity index (χ0n) is 13.1. The second-order valence-electron chi connectivity index (χ2n) is 4.36. The Labute approximate surface area is 130 Å². The van der Waals surface area contributed by atoms with Gasteiger partial charge in [-0.2, -0.15) is 0 Å². The molecule has 1 aliphatic rings. The topological polar surface area (TPSA) is 61.9 Å². The summed E-state index contributed by atoms with van der Waals surface area (Å²) in [5.41, 5.74) is 7.77. The monoisotopic (exact) mass is 287 g/mol. The first-order chi connectivity index (χ1) is 10.1. The van der Waals surface area contributed by atoms with Crippen LogP contribution in [0.15, 0.2) is 61.3 Å². The Hall–Kier alpha value is -2.13. The van der Waals surface area contributed by atoms with Crippen molar-refractivity contribution in [2.24, 2.45) is 5.73 Å². The molecule has 1 aromatic rings. The summed E-state index contributed by atoms with van der Waals surface area (Å²) >= 11 is 0. The van der Waals surface area contributed by atoms with Crippen molar-refractivity contribution in [2.75, 3.05) is 0 Å². The van der Waals surface area contributed by atoms with Gasteiger partial charge in [-0.3, -0.25) is 0 Å². The molecule has 116 valence electrons. The van der Waals surface area contributed by atoms with Gasteiger partial charge in [-0.05, 0) is 30.6 Å². The van der Waals surface area contributed by atoms with Crippen LogP contribution in [0.5, 0.6) is 0 Å². The molecular formula is C18H29N3. The highest BCUT2D eigenvalue weighted by atomic mass is 14.9. The maximum atomic E-state index is 6.84. The van der Waals surface area contributed by atoms with E-state index in [9.17, 15) is 0 Å². The average molecular weight is 287 g/mol. The van der Waals surface area contributed by atoms with E-state index in [2.05, 4.69) is 18.5 Å². The lowest BCUT2D eigenvalue weighted by molar-refractivity contribution is 1.07. The summed E-state index contributed by atoms with van der Waals surface area (Å²) in [5.74, 6) is 0. The van der Waals surface area contributed by atoms with Crippen LogP contribution in [0, 0.1) is 5.41 Å². The Morgan fingerprint density at radius 3 is 2.24 bits per heavy atom. The quantitative estimate of drug-likeness (QED) is 0.557. The molecule has 0 bridgehead atoms. The van der Waals surface area contributed by atoms with Crippen molar-refractivity contribution in [3.63, 3.8) is 0 Å². The first kappa shape index (κ1) is 18.9. The summed E-state index contributed by atoms with van der Waals surface area (Å²) < 4.78 is 0. The third-order valence-electron chi connectivity index (χ3n) is 2.45. The number of hydrogen-bond acceptors (Lipinski definition) is 3. The summed E-state index contributed by atoms with van der Waals surface area (Å²) in [6, 6.07) is 10.4. The fourth-order valence-electron chi connectivity index (χ4n) is 1.21. The molecular weight excluding hydrogens is 258 g/mol. The maximum Gasteiger partial charge on any atom is 0.0384 e. The van der Waals surface area contributed by atoms with Gasteiger partial charge in [-0.25, -0.2) is 0 Å². The summed E-state index contributed by atoms with van der Waals surface area (Å²) in [7, 11) is 0. The minimum absolute atomic E-state index is 0. The number of rotatable bonds is 5. The van der Waals surface area contributed by atoms with Crippen molar-refractivity contribution >= 4 is 11.9 Å². The van der Waals surface area contributed by atoms with Crippen LogP contribution in [-0.2, 0) is 0 Å². The molecule has 0 amide bonds. The Morgan fingerprint density at radius 1 is 1.29 bits per heavy atom. The van der Waals surface area contributed by atoms with Gasteiger partial charge in [0.15, 0.2) is 0 Å². The molecule has 1 aliphatic carbocycles. The van der Waals surface area contributed by atoms with Crippen molar-refractivity contribution in [1.29, 1.82) is 5.41 Å². The lowest BCUT2D eigenvalue weighted by Crippen LogP contribution is -2.08. The Kier molecular flexibility index (Phi) is 10.5. The van der Waals surface area contributed by atoms with Crippen molar-refractivity contribution in [3.8, 4) is 0 Å². The minimum Gasteiger partial charge on any atom is -0.356 e. The smallest absolute Gasteiger partial charge is 0.0384 e. The van der Waals surface area contributed by atoms with Gasteiger partial charge in [-0.1, -0.05) is 57.3 Å². The van der Waals surface area contributed by atoms with Crippen molar-refractivity contribution in [1.82, 2.24) is 5.32 Å². The molecule has 0 aromatic heterocycles. The maximum absolute atomic E-state index is 6.84. The summed E-state index contributed by atoms with van der Waals surface area (Å²) in [5, 5.41) is 9.89. The van der Waals surface area contributed by atoms with E-state index in [-0.39, 0.29) is 1.43 Å². The standard InChI is InChI=1S/C13H14N2.C3H7N.C2H6.H2/c1-11(7-6-10-14)15-12(2)13-8-4-3-5-9-13;4-3-1-2-3;1-2;/h3-10,14-15H,1-2H2;3H,1-2,4H2;1-2H3;1H/b7-6-,14-10?;;;. The van der Waals surface area contributed by atoms with Gasteiger partial charge in [0, 0.05) is 25.1 Å². The van der Waals surface area contributed by atoms with Crippen LogP contribution in [-0.4, -0.2) is 12.3 Å². The number of nitrogens with one attached hydrogen (secondary N) is 2. The zero-order valence-corrected chi connectivity index (χ0v) is 13.1. The lowest BCUT2D eigenvalue weighted by Gasteiger charge is -2.08. The molecule has 0 spiro atoms. The first-order valence-corrected chi connectivity index (χ1v) is 7.26. The van der Waals surface area contributed by atoms with Crippen LogP contribution in [0.3, 0.4) is 0 Å². The molecule has 2 rings (SSSR count). The van der Waals surface area contributed by atoms with Gasteiger partial charge in [-0.15, -0.1) is 0 Å². The molecule has 21 heavy (non-hydrogen) atoms. The van der Waals surface area contributed by atoms with Crippen molar-refractivity contribution < 1.29 is 1.43 Å². The SMILES string of the molecule is C=C(/C=C\C=N)NC(=C)c1ccccc1.CC.NC1CC1.[HH]. The Balaban J connectivity index is 0. The molecule has 1 aromatic carbocycles. The summed E-state index contributed by atoms with van der Waals surface area (Å²) in [6.45, 7) is 11.7. The van der Waals surface area contributed by atoms with E-state index in [1.54, 1.807) is 12.2 Å². The molecule has 0 unspecified atom stereocenters. The fourth-order valence-corrected chi connectivity index (χ4v) is 1.21. The van der Waals surface area contributed by atoms with Gasteiger partial charge in [0.05, 0.1) is 0 Å². The fraction of sp³-hybridized carbons (Fsp3) is 0.278. The molecule has 4 N–H and O–H groups in total. The van der Waals surface area contributed by atoms with E-state index in [0.717, 1.165) is 11.3 Å². The molecule has 0 aliphatic heterocycles. The Bertz CT molecular complexity index is 462. The highest BCUT2D eigenvalue weighted by molar-refractivity contribution is 5.69. The molecule has 0 heterocycles. The van der Waals surface area contributed by atoms with Crippen LogP contribution in [0.25, 0.3) is 5.70 Å². The molecule has 1 fully saturated rings. The first-order valence-electron chi connectivity index (χ1n) is 7.26. The third kappa shape index (κ3) is 10.3. The van der Waals surface area contributed by atoms with Crippen LogP contribution in [0.2, 0.25) is 0 Å². The summed E-state index contributed by atoms with van der Waals surface area (Å²) in [6.07, 6.45) is 7.06. The number of allylic oxidation sites excluding steroid dienone is 2. The minimum atomic E-state index is 0. The highest BCUT2D eigenvalue weighted by Crippen LogP contribution is 2.13. The lowest BCUT2D eigenvalue weighted by atomic mass is 10.2. The average Bonchev–Trinajstić information content (AvgIpc) is 3.31. The van der Waals surface area contributed by atoms with Crippen molar-refractivity contribution in [3.05, 3.63) is 66.9 Å². The van der Waals surface area contributed by atoms with Gasteiger partial charge in [0.25, 0.3) is 0 Å². The van der Waals surface area contributed by atoms with E-state index in [1.165, 1.54) is 19.1 Å². The second-order valence-corrected chi connectivity index (χ2v) is 4.36. The zero-order chi connectivity index (χ0) is 16.1. The molecule has 0 atom stereocenters. The Morgan fingerprint density at radius 2 is 1.81 bits per heavy atom. The van der Waals surface area contributed by atoms with E-state index < -0.39 is 0 Å². The predicted molar refractivity (Wildman–Crippen MR) is 96.3 cm³/mol. The van der Waals surface area contributed by atoms with E-state index in [4.69, 9.17) is 11.1 Å². The van der Waals surface area contributed by atoms with Gasteiger partial charge < -0.3 is 16.5 Å². The number of nitrogens with two attached hydrogens (primary N) is 1. The van der Waals surface area contributed by atoms with Crippen LogP contribution in [0.4, 0.5) is 0 Å². The normalized spacial score (nSPS) is 12.3. The van der Waals surface area contributed by atoms with Crippen molar-refractivity contribution in [2.45, 2.75) is 32.7 Å². The number of benzene rings is 1. The third-order valence-corrected chi connectivity index (χ3v) is 2.45. The summed E-state index contributed by atoms with van der Waals surface area (Å²) in [4.78, 5) is 0. The van der Waals surface area contributed by atoms with E-state index >= 15 is 0 Å². The van der Waals surface area contributed by atoms with E-state index in [0.29, 0.717) is 11.7 Å². The predicted octanol–water partition coefficient (Wildman–Crippen LogP) is 4.35. The molecule has 0 saturated heterocycles. The second kappa shape index (κ2) is 11.7. The van der Waals surface area contributed by atoms with Gasteiger partial charge in [0.2, 0.25) is 0 Å².